The van der Waals surface area contributed by atoms with Crippen LogP contribution in [0.25, 0.3) is 11.1 Å². The van der Waals surface area contributed by atoms with Crippen molar-refractivity contribution < 1.29 is 46.1 Å². The maximum Gasteiger partial charge on any atom is -1.00 e. The Balaban J connectivity index is 0.00000281. The van der Waals surface area contributed by atoms with E-state index in [4.69, 9.17) is 0 Å². The molecule has 0 fully saturated rings. The van der Waals surface area contributed by atoms with Gasteiger partial charge in [0, 0.05) is 0 Å². The van der Waals surface area contributed by atoms with Gasteiger partial charge in [-0.3, -0.25) is 0 Å². The number of hydrogen-bond donors (Lipinski definition) is 0. The Hall–Kier alpha value is -1.87. The van der Waals surface area contributed by atoms with Crippen molar-refractivity contribution in [3.8, 4) is 11.1 Å². The van der Waals surface area contributed by atoms with Gasteiger partial charge < -0.3 is 24.8 Å². The van der Waals surface area contributed by atoms with Crippen molar-refractivity contribution in [3.05, 3.63) is 150 Å². The SMILES string of the molecule is CC(C)(C)c1ccc2c(c1)[CH]([Zr+2]([C]1=CC([Si](C)(C)C)=C([Si](C)(C)C)C1)=[C](c1ccccc1)c1ccccc1)c1cc(C(C)(C)C)ccc1-2.[Cl-].[Cl-]. The van der Waals surface area contributed by atoms with Gasteiger partial charge in [-0.25, -0.2) is 0 Å². The molecule has 0 bridgehead atoms. The van der Waals surface area contributed by atoms with E-state index in [1.54, 1.807) is 22.8 Å². The number of rotatable bonds is 6. The molecule has 0 amide bonds. The van der Waals surface area contributed by atoms with Crippen LogP contribution in [0.3, 0.4) is 0 Å². The third-order valence-corrected chi connectivity index (χ3v) is 23.3. The summed E-state index contributed by atoms with van der Waals surface area (Å²) in [5.41, 5.74) is 12.0. The fourth-order valence-electron chi connectivity index (χ4n) is 7.79. The molecule has 0 atom stereocenters. The van der Waals surface area contributed by atoms with Crippen LogP contribution >= 0.6 is 0 Å². The second-order valence-electron chi connectivity index (χ2n) is 18.3. The van der Waals surface area contributed by atoms with Gasteiger partial charge in [0.05, 0.1) is 0 Å². The van der Waals surface area contributed by atoms with E-state index in [1.807, 2.05) is 5.20 Å². The predicted molar refractivity (Wildman–Crippen MR) is 214 cm³/mol. The molecule has 5 heteroatoms. The summed E-state index contributed by atoms with van der Waals surface area (Å²) in [5.74, 6) is 0. The van der Waals surface area contributed by atoms with Gasteiger partial charge >= 0.3 is 304 Å². The fourth-order valence-corrected chi connectivity index (χ4v) is 23.1. The Morgan fingerprint density at radius 3 is 1.34 bits per heavy atom. The molecule has 2 aliphatic rings. The van der Waals surface area contributed by atoms with Gasteiger partial charge in [0.15, 0.2) is 0 Å². The van der Waals surface area contributed by atoms with Crippen molar-refractivity contribution in [3.63, 3.8) is 0 Å². The molecule has 0 heterocycles. The van der Waals surface area contributed by atoms with E-state index >= 15 is 0 Å². The minimum atomic E-state index is -2.87. The largest absolute Gasteiger partial charge is 1.00 e. The van der Waals surface area contributed by atoms with E-state index in [1.165, 1.54) is 39.8 Å². The molecule has 0 aromatic heterocycles. The summed E-state index contributed by atoms with van der Waals surface area (Å²) >= 11 is -2.87. The zero-order chi connectivity index (χ0) is 34.8. The zero-order valence-electron chi connectivity index (χ0n) is 32.4. The minimum Gasteiger partial charge on any atom is -1.00 e. The van der Waals surface area contributed by atoms with Crippen LogP contribution in [0.1, 0.15) is 85.0 Å². The van der Waals surface area contributed by atoms with Crippen LogP contribution < -0.4 is 24.8 Å². The molecule has 0 nitrogen and oxygen atoms in total. The average Bonchev–Trinajstić information content (AvgIpc) is 3.60. The fraction of sp³-hybridized carbons (Fsp3) is 0.356. The predicted octanol–water partition coefficient (Wildman–Crippen LogP) is 6.59. The van der Waals surface area contributed by atoms with Crippen LogP contribution in [-0.2, 0) is 32.1 Å². The Bertz CT molecular complexity index is 1860. The second-order valence-corrected chi connectivity index (χ2v) is 34.7. The maximum absolute atomic E-state index is 2.87. The maximum atomic E-state index is 2.82. The van der Waals surface area contributed by atoms with E-state index in [0.717, 1.165) is 0 Å². The summed E-state index contributed by atoms with van der Waals surface area (Å²) in [6.07, 6.45) is 4.01. The van der Waals surface area contributed by atoms with Gasteiger partial charge in [-0.05, 0) is 0 Å². The summed E-state index contributed by atoms with van der Waals surface area (Å²) in [6, 6.07) is 38.0. The molecule has 50 heavy (non-hydrogen) atoms. The summed E-state index contributed by atoms with van der Waals surface area (Å²) in [6.45, 7) is 29.7. The molecule has 0 unspecified atom stereocenters. The van der Waals surface area contributed by atoms with Crippen molar-refractivity contribution in [2.45, 2.75) is 102 Å². The first-order valence-corrected chi connectivity index (χ1v) is 28.8. The summed E-state index contributed by atoms with van der Waals surface area (Å²) in [4.78, 5) is 0. The number of halogens is 2. The van der Waals surface area contributed by atoms with Gasteiger partial charge in [-0.2, -0.15) is 0 Å². The monoisotopic (exact) mass is 812 g/mol. The molecular formula is C45H56Cl2Si2Zr. The van der Waals surface area contributed by atoms with Gasteiger partial charge in [-0.1, -0.05) is 0 Å². The number of hydrogen-bond acceptors (Lipinski definition) is 0. The van der Waals surface area contributed by atoms with Crippen LogP contribution in [-0.4, -0.2) is 19.4 Å². The van der Waals surface area contributed by atoms with Crippen LogP contribution in [0.4, 0.5) is 0 Å². The van der Waals surface area contributed by atoms with Gasteiger partial charge in [0.2, 0.25) is 0 Å². The normalized spacial score (nSPS) is 14.6. The van der Waals surface area contributed by atoms with E-state index in [-0.39, 0.29) is 35.6 Å². The van der Waals surface area contributed by atoms with E-state index < -0.39 is 37.4 Å². The van der Waals surface area contributed by atoms with Crippen molar-refractivity contribution >= 4 is 19.4 Å². The summed E-state index contributed by atoms with van der Waals surface area (Å²) in [7, 11) is -3.11. The number of benzene rings is 4. The minimum absolute atomic E-state index is 0. The molecular weight excluding hydrogens is 759 g/mol. The van der Waals surface area contributed by atoms with Crippen LogP contribution in [0.2, 0.25) is 39.3 Å². The van der Waals surface area contributed by atoms with E-state index in [0.29, 0.717) is 3.63 Å². The Kier molecular flexibility index (Phi) is 12.2. The van der Waals surface area contributed by atoms with Crippen molar-refractivity contribution in [2.24, 2.45) is 0 Å². The molecule has 0 spiro atoms. The molecule has 4 aromatic carbocycles. The molecule has 262 valence electrons. The standard InChI is InChI=1S/C21H25.C13H10.C11H21Si2.2ClH.Zr/c1-20(2,3)16-7-9-18-14(12-16)11-15-13-17(21(4,5)6)8-10-19(15)18;1-3-7-12(8-4-1)11-13-9-5-2-6-10-13;1-12(2,3)10-8-7-9-11(10)13(4,5)6;;;/h7-13H,1-6H3;1-10H;8H,9H2,1-6H3;2*1H;/q;;;;;+2/p-2. The first kappa shape index (κ1) is 40.9. The van der Waals surface area contributed by atoms with Crippen LogP contribution in [0, 0.1) is 0 Å². The van der Waals surface area contributed by atoms with Crippen molar-refractivity contribution in [1.29, 1.82) is 0 Å². The average molecular weight is 815 g/mol. The molecule has 0 saturated carbocycles. The van der Waals surface area contributed by atoms with E-state index in [2.05, 4.69) is 184 Å². The summed E-state index contributed by atoms with van der Waals surface area (Å²) in [5, 5.41) is 3.60. The van der Waals surface area contributed by atoms with E-state index in [9.17, 15) is 0 Å². The van der Waals surface area contributed by atoms with Crippen LogP contribution in [0.5, 0.6) is 0 Å². The topological polar surface area (TPSA) is 0 Å². The number of fused-ring (bicyclic) bond motifs is 3. The Morgan fingerprint density at radius 1 is 0.580 bits per heavy atom. The number of allylic oxidation sites excluding steroid dienone is 4. The third-order valence-electron chi connectivity index (χ3n) is 10.5. The van der Waals surface area contributed by atoms with Crippen LogP contribution in [0.15, 0.2) is 117 Å². The molecule has 0 aliphatic heterocycles. The Labute approximate surface area is 325 Å². The molecule has 2 aliphatic carbocycles. The van der Waals surface area contributed by atoms with Gasteiger partial charge in [0.25, 0.3) is 0 Å². The zero-order valence-corrected chi connectivity index (χ0v) is 38.3. The van der Waals surface area contributed by atoms with Gasteiger partial charge in [0.1, 0.15) is 0 Å². The van der Waals surface area contributed by atoms with Crippen molar-refractivity contribution in [2.75, 3.05) is 0 Å². The molecule has 6 rings (SSSR count). The quantitative estimate of drug-likeness (QED) is 0.193. The molecule has 4 aromatic rings. The first-order chi connectivity index (χ1) is 22.4. The van der Waals surface area contributed by atoms with Gasteiger partial charge in [-0.15, -0.1) is 0 Å². The third kappa shape index (κ3) is 8.03. The summed E-state index contributed by atoms with van der Waals surface area (Å²) < 4.78 is 3.87. The first-order valence-electron chi connectivity index (χ1n) is 17.9. The molecule has 0 N–H and O–H groups in total. The van der Waals surface area contributed by atoms with Crippen molar-refractivity contribution in [1.82, 2.24) is 0 Å². The second kappa shape index (κ2) is 14.9. The smallest absolute Gasteiger partial charge is 1.00 e. The molecule has 0 radical (unpaired) electrons. The molecule has 0 saturated heterocycles. The Morgan fingerprint density at radius 2 is 1.00 bits per heavy atom.